The standard InChI is InChI=1S/C43H56N2O4Si/c1-42(2,3)50(4,5)49-39(36-15-17-38(41-37(36)16-18-40(46)45-41)47-28-31-9-7-6-8-10-31)27-44-20-19-30-11-13-35(14-12-30)48-29-43-24-32-21-33(25-43)23-34(22-32)26-43/h6-18,32-34,39,44H,19-29H2,1-5H3,(H,45,46)/t32?,33?,34?,39-,43?/m0/s1. The first-order chi connectivity index (χ1) is 24.0. The average Bonchev–Trinajstić information content (AvgIpc) is 3.07. The fraction of sp³-hybridized carbons (Fsp3) is 0.512. The highest BCUT2D eigenvalue weighted by Crippen LogP contribution is 2.60. The lowest BCUT2D eigenvalue weighted by Gasteiger charge is -2.56. The molecule has 6 nitrogen and oxygen atoms in total. The monoisotopic (exact) mass is 692 g/mol. The van der Waals surface area contributed by atoms with E-state index in [2.05, 4.69) is 74.5 Å². The van der Waals surface area contributed by atoms with Gasteiger partial charge in [-0.2, -0.15) is 0 Å². The van der Waals surface area contributed by atoms with E-state index < -0.39 is 8.32 Å². The molecule has 2 N–H and O–H groups in total. The highest BCUT2D eigenvalue weighted by molar-refractivity contribution is 6.74. The molecule has 1 heterocycles. The molecular weight excluding hydrogens is 637 g/mol. The zero-order valence-corrected chi connectivity index (χ0v) is 31.7. The largest absolute Gasteiger partial charge is 0.493 e. The van der Waals surface area contributed by atoms with Crippen LogP contribution in [0.1, 0.15) is 82.1 Å². The number of nitrogens with one attached hydrogen (secondary N) is 2. The summed E-state index contributed by atoms with van der Waals surface area (Å²) >= 11 is 0. The number of fused-ring (bicyclic) bond motifs is 1. The molecule has 3 aromatic carbocycles. The van der Waals surface area contributed by atoms with Crippen molar-refractivity contribution < 1.29 is 13.9 Å². The molecule has 0 unspecified atom stereocenters. The van der Waals surface area contributed by atoms with Crippen LogP contribution < -0.4 is 20.3 Å². The summed E-state index contributed by atoms with van der Waals surface area (Å²) in [7, 11) is -2.14. The third-order valence-electron chi connectivity index (χ3n) is 12.3. The Morgan fingerprint density at radius 2 is 1.52 bits per heavy atom. The lowest BCUT2D eigenvalue weighted by molar-refractivity contribution is -0.0745. The second kappa shape index (κ2) is 14.3. The minimum atomic E-state index is -2.14. The van der Waals surface area contributed by atoms with Crippen molar-refractivity contribution in [3.05, 3.63) is 106 Å². The molecule has 0 spiro atoms. The summed E-state index contributed by atoms with van der Waals surface area (Å²) in [5.74, 6) is 4.52. The third kappa shape index (κ3) is 7.90. The molecule has 0 aliphatic heterocycles. The molecule has 0 amide bonds. The molecule has 4 fully saturated rings. The van der Waals surface area contributed by atoms with E-state index in [0.29, 0.717) is 29.8 Å². The van der Waals surface area contributed by atoms with E-state index in [1.807, 2.05) is 42.5 Å². The molecule has 4 bridgehead atoms. The highest BCUT2D eigenvalue weighted by Gasteiger charge is 2.51. The topological polar surface area (TPSA) is 72.6 Å². The van der Waals surface area contributed by atoms with E-state index in [9.17, 15) is 4.79 Å². The Kier molecular flexibility index (Phi) is 10.0. The van der Waals surface area contributed by atoms with Crippen LogP contribution in [0.5, 0.6) is 11.5 Å². The maximum Gasteiger partial charge on any atom is 0.248 e. The van der Waals surface area contributed by atoms with E-state index in [1.54, 1.807) is 6.07 Å². The van der Waals surface area contributed by atoms with Crippen LogP contribution in [0.2, 0.25) is 18.1 Å². The van der Waals surface area contributed by atoms with Crippen LogP contribution >= 0.6 is 0 Å². The van der Waals surface area contributed by atoms with Crippen molar-refractivity contribution >= 4 is 19.2 Å². The molecule has 4 aromatic rings. The van der Waals surface area contributed by atoms with Crippen molar-refractivity contribution in [1.82, 2.24) is 10.3 Å². The summed E-state index contributed by atoms with van der Waals surface area (Å²) < 4.78 is 19.8. The van der Waals surface area contributed by atoms with Gasteiger partial charge in [0, 0.05) is 23.4 Å². The number of pyridine rings is 1. The number of aromatic amines is 1. The van der Waals surface area contributed by atoms with E-state index in [0.717, 1.165) is 59.6 Å². The quantitative estimate of drug-likeness (QED) is 0.102. The summed E-state index contributed by atoms with van der Waals surface area (Å²) in [6.07, 6.45) is 9.28. The Balaban J connectivity index is 1.01. The van der Waals surface area contributed by atoms with Crippen LogP contribution in [0.4, 0.5) is 0 Å². The molecule has 7 heteroatoms. The van der Waals surface area contributed by atoms with Gasteiger partial charge in [0.25, 0.3) is 0 Å². The fourth-order valence-corrected chi connectivity index (χ4v) is 10.3. The van der Waals surface area contributed by atoms with Gasteiger partial charge in [-0.1, -0.05) is 69.3 Å². The molecule has 0 radical (unpaired) electrons. The Labute approximate surface area is 299 Å². The van der Waals surface area contributed by atoms with Crippen molar-refractivity contribution in [1.29, 1.82) is 0 Å². The summed E-state index contributed by atoms with van der Waals surface area (Å²) in [6, 6.07) is 26.4. The van der Waals surface area contributed by atoms with Gasteiger partial charge in [-0.25, -0.2) is 0 Å². The summed E-state index contributed by atoms with van der Waals surface area (Å²) in [4.78, 5) is 15.6. The lowest BCUT2D eigenvalue weighted by atomic mass is 9.50. The van der Waals surface area contributed by atoms with Crippen LogP contribution in [-0.4, -0.2) is 33.0 Å². The van der Waals surface area contributed by atoms with Crippen molar-refractivity contribution in [3.8, 4) is 11.5 Å². The zero-order chi connectivity index (χ0) is 34.9. The van der Waals surface area contributed by atoms with Gasteiger partial charge in [-0.15, -0.1) is 0 Å². The van der Waals surface area contributed by atoms with E-state index in [1.165, 1.54) is 44.1 Å². The summed E-state index contributed by atoms with van der Waals surface area (Å²) in [5, 5.41) is 4.72. The molecule has 4 aliphatic carbocycles. The molecular formula is C43H56N2O4Si. The molecule has 50 heavy (non-hydrogen) atoms. The highest BCUT2D eigenvalue weighted by atomic mass is 28.4. The van der Waals surface area contributed by atoms with Gasteiger partial charge < -0.3 is 24.2 Å². The fourth-order valence-electron chi connectivity index (χ4n) is 9.05. The van der Waals surface area contributed by atoms with Gasteiger partial charge in [0.15, 0.2) is 8.32 Å². The predicted octanol–water partition coefficient (Wildman–Crippen LogP) is 9.60. The Bertz CT molecular complexity index is 1780. The molecule has 1 aromatic heterocycles. The van der Waals surface area contributed by atoms with Gasteiger partial charge in [0.1, 0.15) is 18.1 Å². The number of hydrogen-bond acceptors (Lipinski definition) is 5. The van der Waals surface area contributed by atoms with Crippen molar-refractivity contribution in [2.75, 3.05) is 19.7 Å². The van der Waals surface area contributed by atoms with E-state index in [4.69, 9.17) is 13.9 Å². The molecule has 0 saturated heterocycles. The minimum Gasteiger partial charge on any atom is -0.493 e. The van der Waals surface area contributed by atoms with Gasteiger partial charge in [0.05, 0.1) is 18.2 Å². The zero-order valence-electron chi connectivity index (χ0n) is 30.7. The summed E-state index contributed by atoms with van der Waals surface area (Å²) in [6.45, 7) is 14.2. The molecule has 4 saturated carbocycles. The van der Waals surface area contributed by atoms with Crippen molar-refractivity contribution in [2.24, 2.45) is 23.2 Å². The first kappa shape index (κ1) is 35.0. The van der Waals surface area contributed by atoms with Crippen LogP contribution in [0.25, 0.3) is 10.9 Å². The second-order valence-corrected chi connectivity index (χ2v) is 22.0. The first-order valence-corrected chi connectivity index (χ1v) is 21.8. The number of ether oxygens (including phenoxy) is 2. The van der Waals surface area contributed by atoms with Crippen LogP contribution in [-0.2, 0) is 17.5 Å². The van der Waals surface area contributed by atoms with E-state index in [-0.39, 0.29) is 16.7 Å². The number of hydrogen-bond donors (Lipinski definition) is 2. The third-order valence-corrected chi connectivity index (χ3v) is 16.8. The van der Waals surface area contributed by atoms with Crippen molar-refractivity contribution in [3.63, 3.8) is 0 Å². The van der Waals surface area contributed by atoms with Gasteiger partial charge in [-0.3, -0.25) is 4.79 Å². The number of benzene rings is 3. The van der Waals surface area contributed by atoms with Crippen LogP contribution in [0, 0.1) is 23.2 Å². The van der Waals surface area contributed by atoms with Gasteiger partial charge in [-0.05, 0) is 128 Å². The van der Waals surface area contributed by atoms with Crippen LogP contribution in [0.15, 0.2) is 83.7 Å². The average molecular weight is 693 g/mol. The minimum absolute atomic E-state index is 0.0492. The molecule has 8 rings (SSSR count). The molecule has 4 aliphatic rings. The number of H-pyrrole nitrogens is 1. The Morgan fingerprint density at radius 3 is 2.18 bits per heavy atom. The first-order valence-electron chi connectivity index (χ1n) is 18.9. The molecule has 266 valence electrons. The second-order valence-electron chi connectivity index (χ2n) is 17.2. The van der Waals surface area contributed by atoms with Gasteiger partial charge >= 0.3 is 0 Å². The smallest absolute Gasteiger partial charge is 0.248 e. The van der Waals surface area contributed by atoms with Crippen LogP contribution in [0.3, 0.4) is 0 Å². The maximum atomic E-state index is 12.5. The predicted molar refractivity (Wildman–Crippen MR) is 205 cm³/mol. The van der Waals surface area contributed by atoms with Gasteiger partial charge in [0.2, 0.25) is 5.56 Å². The number of rotatable bonds is 14. The maximum absolute atomic E-state index is 12.5. The van der Waals surface area contributed by atoms with Crippen molar-refractivity contribution in [2.45, 2.75) is 96.6 Å². The normalized spacial score (nSPS) is 23.7. The Hall–Kier alpha value is -3.39. The molecule has 1 atom stereocenters. The van der Waals surface area contributed by atoms with E-state index >= 15 is 0 Å². The summed E-state index contributed by atoms with van der Waals surface area (Å²) in [5.41, 5.74) is 4.41. The Morgan fingerprint density at radius 1 is 0.840 bits per heavy atom. The SMILES string of the molecule is CC(C)(C)[Si](C)(C)O[C@@H](CNCCc1ccc(OCC23CC4CC(CC(C4)C2)C3)cc1)c1ccc(OCc2ccccc2)c2[nH]c(=O)ccc12. The lowest BCUT2D eigenvalue weighted by Crippen LogP contribution is -2.48. The number of aromatic nitrogens is 1.